The van der Waals surface area contributed by atoms with E-state index >= 15 is 0 Å². The van der Waals surface area contributed by atoms with Crippen molar-refractivity contribution in [1.82, 2.24) is 15.0 Å². The summed E-state index contributed by atoms with van der Waals surface area (Å²) in [6.45, 7) is 2.11. The van der Waals surface area contributed by atoms with Gasteiger partial charge in [-0.25, -0.2) is 0 Å². The smallest absolute Gasteiger partial charge is 0.269 e. The minimum Gasteiger partial charge on any atom is -0.395 e. The van der Waals surface area contributed by atoms with Crippen molar-refractivity contribution in [2.24, 2.45) is 5.92 Å². The number of hydrogen-bond acceptors (Lipinski definition) is 8. The van der Waals surface area contributed by atoms with E-state index in [1.807, 2.05) is 97.1 Å². The summed E-state index contributed by atoms with van der Waals surface area (Å²) >= 11 is 0. The molecule has 1 aromatic heterocycles. The van der Waals surface area contributed by atoms with Crippen LogP contribution in [-0.2, 0) is 23.5 Å². The highest BCUT2D eigenvalue weighted by Gasteiger charge is 2.53. The van der Waals surface area contributed by atoms with E-state index in [0.29, 0.717) is 41.2 Å². The number of amides is 2. The standard InChI is InChI=1S/C42H36N6O6/c1-27(10-5-6-21-45-25-36(43-44-45)34(26-49)29-12-3-2-4-13-29)42(52)35-23-32(48(53)54)19-20-37(35)46(41(42)51)24-28-11-7-16-31(22-28)47-38-18-9-15-30-14-8-17-33(39(30)38)40(47)50/h2-5,7-20,22-23,25,27,34,49,52H,6,21,24,26H2,1H3/b10-5+/t27-,34?,42+/m0/s1. The van der Waals surface area contributed by atoms with Gasteiger partial charge in [-0.3, -0.25) is 29.3 Å². The second kappa shape index (κ2) is 13.8. The number of rotatable bonds is 12. The van der Waals surface area contributed by atoms with E-state index < -0.39 is 22.3 Å². The lowest BCUT2D eigenvalue weighted by Crippen LogP contribution is -2.44. The molecule has 2 amide bonds. The van der Waals surface area contributed by atoms with Gasteiger partial charge in [0.25, 0.3) is 17.5 Å². The molecule has 0 saturated carbocycles. The Morgan fingerprint density at radius 3 is 2.48 bits per heavy atom. The Morgan fingerprint density at radius 1 is 0.926 bits per heavy atom. The molecule has 3 atom stereocenters. The molecule has 0 aliphatic carbocycles. The number of anilines is 3. The van der Waals surface area contributed by atoms with Crippen LogP contribution in [0.15, 0.2) is 128 Å². The number of hydrogen-bond donors (Lipinski definition) is 2. The molecule has 6 aromatic rings. The van der Waals surface area contributed by atoms with Crippen molar-refractivity contribution in [2.75, 3.05) is 16.4 Å². The molecule has 2 aliphatic rings. The molecule has 1 unspecified atom stereocenters. The minimum absolute atomic E-state index is 0.0574. The molecule has 0 radical (unpaired) electrons. The van der Waals surface area contributed by atoms with Gasteiger partial charge in [-0.2, -0.15) is 0 Å². The van der Waals surface area contributed by atoms with Crippen molar-refractivity contribution in [2.45, 2.75) is 38.0 Å². The largest absolute Gasteiger partial charge is 0.395 e. The van der Waals surface area contributed by atoms with Crippen molar-refractivity contribution in [3.63, 3.8) is 0 Å². The fourth-order valence-corrected chi connectivity index (χ4v) is 7.64. The van der Waals surface area contributed by atoms with Gasteiger partial charge in [0.2, 0.25) is 0 Å². The molecular formula is C42H36N6O6. The average Bonchev–Trinajstić information content (AvgIpc) is 3.83. The number of aromatic nitrogens is 3. The van der Waals surface area contributed by atoms with Gasteiger partial charge < -0.3 is 15.1 Å². The molecule has 270 valence electrons. The number of carbonyl (C=O) groups excluding carboxylic acids is 2. The van der Waals surface area contributed by atoms with E-state index in [4.69, 9.17) is 0 Å². The number of nitrogens with zero attached hydrogens (tertiary/aromatic N) is 6. The van der Waals surface area contributed by atoms with E-state index in [1.165, 1.54) is 23.1 Å². The Balaban J connectivity index is 1.02. The summed E-state index contributed by atoms with van der Waals surface area (Å²) in [6, 6.07) is 32.5. The maximum atomic E-state index is 14.3. The topological polar surface area (TPSA) is 155 Å². The van der Waals surface area contributed by atoms with Crippen molar-refractivity contribution < 1.29 is 24.7 Å². The highest BCUT2D eigenvalue weighted by Crippen LogP contribution is 2.48. The minimum atomic E-state index is -2.08. The molecule has 2 aliphatic heterocycles. The predicted octanol–water partition coefficient (Wildman–Crippen LogP) is 6.77. The van der Waals surface area contributed by atoms with E-state index in [-0.39, 0.29) is 36.2 Å². The Labute approximate surface area is 310 Å². The van der Waals surface area contributed by atoms with Crippen LogP contribution in [0, 0.1) is 16.0 Å². The third-order valence-electron chi connectivity index (χ3n) is 10.4. The van der Waals surface area contributed by atoms with Gasteiger partial charge in [0.1, 0.15) is 0 Å². The normalized spacial score (nSPS) is 17.5. The second-order valence-electron chi connectivity index (χ2n) is 13.7. The zero-order chi connectivity index (χ0) is 37.6. The van der Waals surface area contributed by atoms with Gasteiger partial charge in [-0.1, -0.05) is 91.0 Å². The summed E-state index contributed by atoms with van der Waals surface area (Å²) in [7, 11) is 0. The number of benzene rings is 5. The molecule has 3 heterocycles. The molecular weight excluding hydrogens is 684 g/mol. The maximum absolute atomic E-state index is 14.3. The molecule has 12 heteroatoms. The van der Waals surface area contributed by atoms with Gasteiger partial charge in [-0.15, -0.1) is 5.10 Å². The molecule has 5 aromatic carbocycles. The van der Waals surface area contributed by atoms with Gasteiger partial charge in [0, 0.05) is 47.4 Å². The maximum Gasteiger partial charge on any atom is 0.269 e. The van der Waals surface area contributed by atoms with Gasteiger partial charge in [0.15, 0.2) is 5.60 Å². The van der Waals surface area contributed by atoms with Crippen LogP contribution in [-0.4, -0.2) is 48.6 Å². The van der Waals surface area contributed by atoms with Crippen molar-refractivity contribution in [1.29, 1.82) is 0 Å². The average molecular weight is 721 g/mol. The predicted molar refractivity (Wildman–Crippen MR) is 203 cm³/mol. The molecule has 0 fully saturated rings. The van der Waals surface area contributed by atoms with E-state index in [1.54, 1.807) is 28.8 Å². The molecule has 8 rings (SSSR count). The third kappa shape index (κ3) is 5.81. The van der Waals surface area contributed by atoms with Crippen LogP contribution in [0.1, 0.15) is 52.0 Å². The molecule has 0 bridgehead atoms. The summed E-state index contributed by atoms with van der Waals surface area (Å²) in [4.78, 5) is 42.3. The molecule has 2 N–H and O–H groups in total. The van der Waals surface area contributed by atoms with E-state index in [9.17, 15) is 29.9 Å². The van der Waals surface area contributed by atoms with Crippen molar-refractivity contribution >= 4 is 45.3 Å². The second-order valence-corrected chi connectivity index (χ2v) is 13.7. The van der Waals surface area contributed by atoms with Crippen LogP contribution in [0.5, 0.6) is 0 Å². The Bertz CT molecular complexity index is 2460. The van der Waals surface area contributed by atoms with Crippen LogP contribution >= 0.6 is 0 Å². The van der Waals surface area contributed by atoms with Gasteiger partial charge >= 0.3 is 0 Å². The lowest BCUT2D eigenvalue weighted by atomic mass is 9.82. The quantitative estimate of drug-likeness (QED) is 0.0798. The molecule has 0 saturated heterocycles. The number of aliphatic hydroxyl groups excluding tert-OH is 1. The van der Waals surface area contributed by atoms with Crippen LogP contribution in [0.2, 0.25) is 0 Å². The first kappa shape index (κ1) is 34.6. The highest BCUT2D eigenvalue weighted by atomic mass is 16.6. The summed E-state index contributed by atoms with van der Waals surface area (Å²) < 4.78 is 1.68. The Hall–Kier alpha value is -6.50. The summed E-state index contributed by atoms with van der Waals surface area (Å²) in [5.74, 6) is -1.81. The third-order valence-corrected chi connectivity index (χ3v) is 10.4. The molecule has 54 heavy (non-hydrogen) atoms. The lowest BCUT2D eigenvalue weighted by Gasteiger charge is -2.27. The fourth-order valence-electron chi connectivity index (χ4n) is 7.64. The van der Waals surface area contributed by atoms with Crippen LogP contribution in [0.4, 0.5) is 22.7 Å². The molecule has 12 nitrogen and oxygen atoms in total. The SMILES string of the molecule is C[C@@H](/C=C/CCn1cc(C(CO)c2ccccc2)nn1)[C@]1(O)C(=O)N(Cc2cccc(N3C(=O)c4cccc5cccc3c45)c2)c2ccc([N+](=O)[O-])cc21. The summed E-state index contributed by atoms with van der Waals surface area (Å²) in [5.41, 5.74) is 2.53. The number of allylic oxidation sites excluding steroid dienone is 1. The van der Waals surface area contributed by atoms with E-state index in [2.05, 4.69) is 10.3 Å². The fraction of sp³-hybridized carbons (Fsp3) is 0.190. The zero-order valence-electron chi connectivity index (χ0n) is 29.3. The monoisotopic (exact) mass is 720 g/mol. The number of aliphatic hydroxyl groups is 2. The number of aryl methyl sites for hydroxylation is 1. The number of nitro benzene ring substituents is 1. The number of fused-ring (bicyclic) bond motifs is 1. The van der Waals surface area contributed by atoms with Crippen molar-refractivity contribution in [3.05, 3.63) is 166 Å². The Morgan fingerprint density at radius 2 is 1.70 bits per heavy atom. The van der Waals surface area contributed by atoms with Crippen LogP contribution in [0.3, 0.4) is 0 Å². The number of carbonyl (C=O) groups is 2. The first-order valence-corrected chi connectivity index (χ1v) is 17.7. The summed E-state index contributed by atoms with van der Waals surface area (Å²) in [6.07, 6.45) is 5.87. The van der Waals surface area contributed by atoms with E-state index in [0.717, 1.165) is 22.0 Å². The lowest BCUT2D eigenvalue weighted by molar-refractivity contribution is -0.385. The van der Waals surface area contributed by atoms with Gasteiger partial charge in [-0.05, 0) is 53.3 Å². The number of nitro groups is 1. The number of non-ortho nitro benzene ring substituents is 1. The Kier molecular flexibility index (Phi) is 8.84. The zero-order valence-corrected chi connectivity index (χ0v) is 29.3. The molecule has 0 spiro atoms. The van der Waals surface area contributed by atoms with Crippen molar-refractivity contribution in [3.8, 4) is 0 Å². The summed E-state index contributed by atoms with van der Waals surface area (Å²) in [5, 5.41) is 44.4. The first-order valence-electron chi connectivity index (χ1n) is 17.7. The van der Waals surface area contributed by atoms with Crippen LogP contribution in [0.25, 0.3) is 10.8 Å². The van der Waals surface area contributed by atoms with Crippen LogP contribution < -0.4 is 9.80 Å². The first-order chi connectivity index (χ1) is 26.2. The van der Waals surface area contributed by atoms with Gasteiger partial charge in [0.05, 0.1) is 46.6 Å². The highest BCUT2D eigenvalue weighted by molar-refractivity contribution is 6.27.